The fourth-order valence-corrected chi connectivity index (χ4v) is 3.63. The first-order valence-electron chi connectivity index (χ1n) is 8.07. The van der Waals surface area contributed by atoms with E-state index in [-0.39, 0.29) is 0 Å². The van der Waals surface area contributed by atoms with Crippen molar-refractivity contribution in [2.75, 3.05) is 7.11 Å². The Morgan fingerprint density at radius 1 is 1.29 bits per heavy atom. The van der Waals surface area contributed by atoms with Crippen molar-refractivity contribution >= 4 is 17.4 Å². The molecular weight excluding hydrogens is 318 g/mol. The molecule has 1 aliphatic rings. The second-order valence-corrected chi connectivity index (χ2v) is 7.15. The Balaban J connectivity index is 1.62. The lowest BCUT2D eigenvalue weighted by molar-refractivity contribution is 0.413. The van der Waals surface area contributed by atoms with E-state index in [2.05, 4.69) is 23.7 Å². The number of fused-ring (bicyclic) bond motifs is 1. The summed E-state index contributed by atoms with van der Waals surface area (Å²) in [4.78, 5) is 5.76. The summed E-state index contributed by atoms with van der Waals surface area (Å²) in [5, 5.41) is 5.73. The van der Waals surface area contributed by atoms with Crippen molar-refractivity contribution in [1.29, 1.82) is 0 Å². The molecule has 0 aliphatic heterocycles. The summed E-state index contributed by atoms with van der Waals surface area (Å²) < 4.78 is 7.21. The molecule has 1 saturated carbocycles. The monoisotopic (exact) mass is 337 g/mol. The molecule has 0 spiro atoms. The number of rotatable bonds is 6. The smallest absolute Gasteiger partial charge is 0.156 e. The summed E-state index contributed by atoms with van der Waals surface area (Å²) in [5.41, 5.74) is 2.13. The Bertz CT molecular complexity index is 899. The maximum Gasteiger partial charge on any atom is 0.156 e. The highest BCUT2D eigenvalue weighted by Crippen LogP contribution is 2.37. The molecule has 24 heavy (non-hydrogen) atoms. The van der Waals surface area contributed by atoms with Crippen molar-refractivity contribution in [2.24, 2.45) is 5.92 Å². The number of hydrogen-bond donors (Lipinski definition) is 0. The van der Waals surface area contributed by atoms with Gasteiger partial charge in [-0.25, -0.2) is 9.50 Å². The SMILES string of the molecule is C=C(Cc1nc2cccc(Sc3cccc(OC)c3)n2n1)C1CC1. The fraction of sp³-hybridized carbons (Fsp3) is 0.263. The number of methoxy groups -OCH3 is 1. The van der Waals surface area contributed by atoms with Gasteiger partial charge < -0.3 is 4.74 Å². The highest BCUT2D eigenvalue weighted by molar-refractivity contribution is 7.99. The molecule has 1 fully saturated rings. The molecule has 122 valence electrons. The molecule has 0 unspecified atom stereocenters. The Kier molecular flexibility index (Phi) is 4.02. The van der Waals surface area contributed by atoms with E-state index in [1.54, 1.807) is 18.9 Å². The van der Waals surface area contributed by atoms with E-state index in [0.29, 0.717) is 5.92 Å². The van der Waals surface area contributed by atoms with E-state index in [1.807, 2.05) is 34.8 Å². The van der Waals surface area contributed by atoms with Crippen LogP contribution >= 0.6 is 11.8 Å². The van der Waals surface area contributed by atoms with Gasteiger partial charge >= 0.3 is 0 Å². The van der Waals surface area contributed by atoms with Crippen molar-refractivity contribution in [3.05, 3.63) is 60.4 Å². The van der Waals surface area contributed by atoms with Crippen LogP contribution in [0.3, 0.4) is 0 Å². The van der Waals surface area contributed by atoms with Gasteiger partial charge in [-0.3, -0.25) is 0 Å². The van der Waals surface area contributed by atoms with Gasteiger partial charge in [-0.15, -0.1) is 5.10 Å². The van der Waals surface area contributed by atoms with Crippen molar-refractivity contribution in [2.45, 2.75) is 29.2 Å². The average molecular weight is 337 g/mol. The summed E-state index contributed by atoms with van der Waals surface area (Å²) in [5.74, 6) is 2.39. The normalized spacial score (nSPS) is 14.0. The summed E-state index contributed by atoms with van der Waals surface area (Å²) in [6, 6.07) is 14.1. The quantitative estimate of drug-likeness (QED) is 0.625. The number of aromatic nitrogens is 3. The fourth-order valence-electron chi connectivity index (χ4n) is 2.70. The van der Waals surface area contributed by atoms with Crippen LogP contribution < -0.4 is 4.74 Å². The predicted molar refractivity (Wildman–Crippen MR) is 95.7 cm³/mol. The zero-order chi connectivity index (χ0) is 16.5. The molecule has 0 radical (unpaired) electrons. The summed E-state index contributed by atoms with van der Waals surface area (Å²) >= 11 is 1.66. The number of pyridine rings is 1. The van der Waals surface area contributed by atoms with E-state index in [9.17, 15) is 0 Å². The largest absolute Gasteiger partial charge is 0.497 e. The second kappa shape index (κ2) is 6.32. The minimum absolute atomic E-state index is 0.683. The average Bonchev–Trinajstić information content (AvgIpc) is 3.36. The second-order valence-electron chi connectivity index (χ2n) is 6.05. The molecule has 3 aromatic rings. The zero-order valence-corrected chi connectivity index (χ0v) is 14.4. The van der Waals surface area contributed by atoms with Crippen LogP contribution in [0.2, 0.25) is 0 Å². The molecule has 0 amide bonds. The molecule has 2 aromatic heterocycles. The van der Waals surface area contributed by atoms with Crippen molar-refractivity contribution in [3.8, 4) is 5.75 Å². The summed E-state index contributed by atoms with van der Waals surface area (Å²) in [7, 11) is 1.68. The van der Waals surface area contributed by atoms with Crippen molar-refractivity contribution < 1.29 is 4.74 Å². The zero-order valence-electron chi connectivity index (χ0n) is 13.6. The molecule has 0 N–H and O–H groups in total. The van der Waals surface area contributed by atoms with Gasteiger partial charge in [-0.1, -0.05) is 36.0 Å². The highest BCUT2D eigenvalue weighted by atomic mass is 32.2. The van der Waals surface area contributed by atoms with Gasteiger partial charge in [-0.2, -0.15) is 0 Å². The number of benzene rings is 1. The van der Waals surface area contributed by atoms with E-state index in [1.165, 1.54) is 18.4 Å². The lowest BCUT2D eigenvalue weighted by Gasteiger charge is -2.05. The van der Waals surface area contributed by atoms with E-state index in [0.717, 1.165) is 33.6 Å². The van der Waals surface area contributed by atoms with Crippen LogP contribution in [0.15, 0.2) is 64.5 Å². The number of hydrogen-bond acceptors (Lipinski definition) is 4. The first kappa shape index (κ1) is 15.3. The molecule has 0 bridgehead atoms. The third kappa shape index (κ3) is 3.17. The number of allylic oxidation sites excluding steroid dienone is 1. The first-order valence-corrected chi connectivity index (χ1v) is 8.89. The molecule has 0 atom stereocenters. The van der Waals surface area contributed by atoms with Crippen LogP contribution in [0.4, 0.5) is 0 Å². The Labute approximate surface area is 145 Å². The molecule has 4 nitrogen and oxygen atoms in total. The van der Waals surface area contributed by atoms with E-state index < -0.39 is 0 Å². The maximum atomic E-state index is 5.30. The Morgan fingerprint density at radius 2 is 2.12 bits per heavy atom. The van der Waals surface area contributed by atoms with Gasteiger partial charge in [0.2, 0.25) is 0 Å². The molecule has 5 heteroatoms. The lowest BCUT2D eigenvalue weighted by atomic mass is 10.1. The van der Waals surface area contributed by atoms with Crippen molar-refractivity contribution in [1.82, 2.24) is 14.6 Å². The summed E-state index contributed by atoms with van der Waals surface area (Å²) in [6.07, 6.45) is 3.31. The van der Waals surface area contributed by atoms with E-state index in [4.69, 9.17) is 9.84 Å². The van der Waals surface area contributed by atoms with Crippen molar-refractivity contribution in [3.63, 3.8) is 0 Å². The van der Waals surface area contributed by atoms with Crippen LogP contribution in [0.1, 0.15) is 18.7 Å². The van der Waals surface area contributed by atoms with Gasteiger partial charge in [0.05, 0.1) is 7.11 Å². The third-order valence-electron chi connectivity index (χ3n) is 4.17. The topological polar surface area (TPSA) is 39.4 Å². The maximum absolute atomic E-state index is 5.30. The highest BCUT2D eigenvalue weighted by Gasteiger charge is 2.25. The van der Waals surface area contributed by atoms with E-state index >= 15 is 0 Å². The number of nitrogens with zero attached hydrogens (tertiary/aromatic N) is 3. The van der Waals surface area contributed by atoms with Gasteiger partial charge in [0, 0.05) is 11.3 Å². The minimum atomic E-state index is 0.683. The minimum Gasteiger partial charge on any atom is -0.497 e. The van der Waals surface area contributed by atoms with Gasteiger partial charge in [0.15, 0.2) is 11.5 Å². The molecule has 0 saturated heterocycles. The van der Waals surface area contributed by atoms with Crippen LogP contribution in [-0.2, 0) is 6.42 Å². The Morgan fingerprint density at radius 3 is 2.92 bits per heavy atom. The van der Waals surface area contributed by atoms with Crippen LogP contribution in [0.5, 0.6) is 5.75 Å². The predicted octanol–water partition coefficient (Wildman–Crippen LogP) is 4.40. The van der Waals surface area contributed by atoms with Gasteiger partial charge in [0.1, 0.15) is 10.8 Å². The lowest BCUT2D eigenvalue weighted by Crippen LogP contribution is -1.96. The van der Waals surface area contributed by atoms with Crippen LogP contribution in [0.25, 0.3) is 5.65 Å². The molecule has 1 aromatic carbocycles. The molecule has 4 rings (SSSR count). The molecular formula is C19H19N3OS. The van der Waals surface area contributed by atoms with Gasteiger partial charge in [-0.05, 0) is 49.1 Å². The Hall–Kier alpha value is -2.27. The molecule has 2 heterocycles. The van der Waals surface area contributed by atoms with Crippen LogP contribution in [0, 0.1) is 5.92 Å². The van der Waals surface area contributed by atoms with Crippen LogP contribution in [-0.4, -0.2) is 21.7 Å². The summed E-state index contributed by atoms with van der Waals surface area (Å²) in [6.45, 7) is 4.18. The number of ether oxygens (including phenoxy) is 1. The molecule has 1 aliphatic carbocycles. The first-order chi connectivity index (χ1) is 11.7. The standard InChI is InChI=1S/C19H19N3OS/c1-13(14-9-10-14)11-17-20-18-7-4-8-19(22(18)21-17)24-16-6-3-5-15(12-16)23-2/h3-8,12,14H,1,9-11H2,2H3. The van der Waals surface area contributed by atoms with Gasteiger partial charge in [0.25, 0.3) is 0 Å². The third-order valence-corrected chi connectivity index (χ3v) is 5.18.